The number of carbonyl (C=O) groups excluding carboxylic acids is 1. The van der Waals surface area contributed by atoms with E-state index in [2.05, 4.69) is 12.0 Å². The van der Waals surface area contributed by atoms with E-state index in [0.29, 0.717) is 11.6 Å². The maximum Gasteiger partial charge on any atom is 0.186 e. The zero-order valence-electron chi connectivity index (χ0n) is 10.1. The number of carbonyl (C=O) groups is 1. The Labute approximate surface area is 96.8 Å². The lowest BCUT2D eigenvalue weighted by molar-refractivity contribution is 0.0814. The van der Waals surface area contributed by atoms with Crippen LogP contribution in [-0.4, -0.2) is 15.6 Å². The molecule has 0 N–H and O–H groups in total. The normalized spacial score (nSPS) is 25.6. The molecule has 0 saturated heterocycles. The van der Waals surface area contributed by atoms with Gasteiger partial charge in [-0.3, -0.25) is 9.48 Å². The zero-order chi connectivity index (χ0) is 11.5. The lowest BCUT2D eigenvalue weighted by atomic mass is 9.75. The monoisotopic (exact) mass is 220 g/mol. The number of hydrogen-bond acceptors (Lipinski definition) is 2. The summed E-state index contributed by atoms with van der Waals surface area (Å²) >= 11 is 0. The van der Waals surface area contributed by atoms with Gasteiger partial charge in [0.05, 0.1) is 0 Å². The van der Waals surface area contributed by atoms with Crippen LogP contribution >= 0.6 is 0 Å². The molecule has 2 atom stereocenters. The summed E-state index contributed by atoms with van der Waals surface area (Å²) in [7, 11) is 1.86. The van der Waals surface area contributed by atoms with E-state index < -0.39 is 0 Å². The van der Waals surface area contributed by atoms with Gasteiger partial charge in [0.15, 0.2) is 5.78 Å². The van der Waals surface area contributed by atoms with Gasteiger partial charge in [-0.05, 0) is 24.8 Å². The van der Waals surface area contributed by atoms with Gasteiger partial charge in [0.2, 0.25) is 0 Å². The SMILES string of the molecule is CCC1CCCCC1C(=O)c1ccn(C)n1. The molecule has 88 valence electrons. The number of hydrogen-bond donors (Lipinski definition) is 0. The highest BCUT2D eigenvalue weighted by molar-refractivity contribution is 5.96. The Morgan fingerprint density at radius 2 is 2.25 bits per heavy atom. The highest BCUT2D eigenvalue weighted by Gasteiger charge is 2.31. The van der Waals surface area contributed by atoms with E-state index in [1.165, 1.54) is 19.3 Å². The van der Waals surface area contributed by atoms with Crippen LogP contribution in [0.3, 0.4) is 0 Å². The summed E-state index contributed by atoms with van der Waals surface area (Å²) in [5.74, 6) is 1.05. The van der Waals surface area contributed by atoms with Gasteiger partial charge in [0, 0.05) is 19.2 Å². The van der Waals surface area contributed by atoms with Crippen LogP contribution in [0.25, 0.3) is 0 Å². The quantitative estimate of drug-likeness (QED) is 0.734. The van der Waals surface area contributed by atoms with Gasteiger partial charge >= 0.3 is 0 Å². The van der Waals surface area contributed by atoms with Crippen molar-refractivity contribution in [3.8, 4) is 0 Å². The first-order valence-corrected chi connectivity index (χ1v) is 6.26. The van der Waals surface area contributed by atoms with Crippen molar-refractivity contribution in [1.82, 2.24) is 9.78 Å². The molecule has 1 fully saturated rings. The van der Waals surface area contributed by atoms with E-state index in [-0.39, 0.29) is 11.7 Å². The second kappa shape index (κ2) is 4.81. The second-order valence-corrected chi connectivity index (χ2v) is 4.80. The Morgan fingerprint density at radius 1 is 1.50 bits per heavy atom. The number of Topliss-reactive ketones (excluding diaryl/α,β-unsaturated/α-hetero) is 1. The number of aryl methyl sites for hydroxylation is 1. The Morgan fingerprint density at radius 3 is 2.88 bits per heavy atom. The lowest BCUT2D eigenvalue weighted by Gasteiger charge is -2.29. The second-order valence-electron chi connectivity index (χ2n) is 4.80. The maximum atomic E-state index is 12.3. The number of rotatable bonds is 3. The molecule has 0 radical (unpaired) electrons. The minimum Gasteiger partial charge on any atom is -0.292 e. The molecule has 0 spiro atoms. The molecule has 0 amide bonds. The predicted molar refractivity (Wildman–Crippen MR) is 63.3 cm³/mol. The maximum absolute atomic E-state index is 12.3. The van der Waals surface area contributed by atoms with Crippen LogP contribution in [0, 0.1) is 11.8 Å². The van der Waals surface area contributed by atoms with Gasteiger partial charge in [0.25, 0.3) is 0 Å². The molecule has 1 heterocycles. The predicted octanol–water partition coefficient (Wildman–Crippen LogP) is 2.82. The molecule has 0 aromatic carbocycles. The average molecular weight is 220 g/mol. The highest BCUT2D eigenvalue weighted by atomic mass is 16.1. The van der Waals surface area contributed by atoms with Crippen molar-refractivity contribution in [3.05, 3.63) is 18.0 Å². The third-order valence-corrected chi connectivity index (χ3v) is 3.74. The smallest absolute Gasteiger partial charge is 0.186 e. The summed E-state index contributed by atoms with van der Waals surface area (Å²) in [6.45, 7) is 2.19. The van der Waals surface area contributed by atoms with Crippen molar-refractivity contribution in [2.75, 3.05) is 0 Å². The van der Waals surface area contributed by atoms with Crippen LogP contribution in [-0.2, 0) is 7.05 Å². The summed E-state index contributed by atoms with van der Waals surface area (Å²) in [5, 5.41) is 4.22. The van der Waals surface area contributed by atoms with Crippen LogP contribution in [0.1, 0.15) is 49.5 Å². The molecule has 1 aromatic heterocycles. The van der Waals surface area contributed by atoms with Crippen molar-refractivity contribution < 1.29 is 4.79 Å². The minimum absolute atomic E-state index is 0.216. The van der Waals surface area contributed by atoms with Crippen molar-refractivity contribution >= 4 is 5.78 Å². The van der Waals surface area contributed by atoms with Gasteiger partial charge < -0.3 is 0 Å². The van der Waals surface area contributed by atoms with Crippen molar-refractivity contribution in [2.45, 2.75) is 39.0 Å². The summed E-state index contributed by atoms with van der Waals surface area (Å²) < 4.78 is 1.71. The van der Waals surface area contributed by atoms with Crippen LogP contribution in [0.5, 0.6) is 0 Å². The third kappa shape index (κ3) is 2.18. The summed E-state index contributed by atoms with van der Waals surface area (Å²) in [5.41, 5.74) is 0.646. The fourth-order valence-electron chi connectivity index (χ4n) is 2.78. The molecular weight excluding hydrogens is 200 g/mol. The van der Waals surface area contributed by atoms with Crippen LogP contribution < -0.4 is 0 Å². The van der Waals surface area contributed by atoms with Gasteiger partial charge in [-0.25, -0.2) is 0 Å². The first-order valence-electron chi connectivity index (χ1n) is 6.26. The van der Waals surface area contributed by atoms with E-state index in [4.69, 9.17) is 0 Å². The first-order chi connectivity index (χ1) is 7.72. The van der Waals surface area contributed by atoms with Crippen molar-refractivity contribution in [3.63, 3.8) is 0 Å². The van der Waals surface area contributed by atoms with E-state index >= 15 is 0 Å². The molecule has 1 aliphatic carbocycles. The standard InChI is InChI=1S/C13H20N2O/c1-3-10-6-4-5-7-11(10)13(16)12-8-9-15(2)14-12/h8-11H,3-7H2,1-2H3. The molecule has 0 aliphatic heterocycles. The van der Waals surface area contributed by atoms with E-state index in [0.717, 1.165) is 12.8 Å². The summed E-state index contributed by atoms with van der Waals surface area (Å²) in [6.07, 6.45) is 7.69. The van der Waals surface area contributed by atoms with Gasteiger partial charge in [0.1, 0.15) is 5.69 Å². The van der Waals surface area contributed by atoms with Crippen LogP contribution in [0.4, 0.5) is 0 Å². The van der Waals surface area contributed by atoms with Gasteiger partial charge in [-0.1, -0.05) is 26.2 Å². The van der Waals surface area contributed by atoms with Crippen LogP contribution in [0.2, 0.25) is 0 Å². The first kappa shape index (κ1) is 11.4. The molecular formula is C13H20N2O. The zero-order valence-corrected chi connectivity index (χ0v) is 10.1. The Balaban J connectivity index is 2.13. The van der Waals surface area contributed by atoms with Gasteiger partial charge in [-0.2, -0.15) is 5.10 Å². The molecule has 3 nitrogen and oxygen atoms in total. The fraction of sp³-hybridized carbons (Fsp3) is 0.692. The Bertz CT molecular complexity index is 370. The molecule has 1 aromatic rings. The lowest BCUT2D eigenvalue weighted by Crippen LogP contribution is -2.27. The third-order valence-electron chi connectivity index (χ3n) is 3.74. The minimum atomic E-state index is 0.216. The Hall–Kier alpha value is -1.12. The summed E-state index contributed by atoms with van der Waals surface area (Å²) in [4.78, 5) is 12.3. The summed E-state index contributed by atoms with van der Waals surface area (Å²) in [6, 6.07) is 1.84. The van der Waals surface area contributed by atoms with Crippen LogP contribution in [0.15, 0.2) is 12.3 Å². The fourth-order valence-corrected chi connectivity index (χ4v) is 2.78. The highest BCUT2D eigenvalue weighted by Crippen LogP contribution is 2.34. The topological polar surface area (TPSA) is 34.9 Å². The van der Waals surface area contributed by atoms with E-state index in [1.807, 2.05) is 19.3 Å². The van der Waals surface area contributed by atoms with Gasteiger partial charge in [-0.15, -0.1) is 0 Å². The van der Waals surface area contributed by atoms with E-state index in [9.17, 15) is 4.79 Å². The molecule has 1 aliphatic rings. The molecule has 16 heavy (non-hydrogen) atoms. The molecule has 3 heteroatoms. The molecule has 2 unspecified atom stereocenters. The van der Waals surface area contributed by atoms with Crippen molar-refractivity contribution in [1.29, 1.82) is 0 Å². The number of aromatic nitrogens is 2. The van der Waals surface area contributed by atoms with E-state index in [1.54, 1.807) is 4.68 Å². The molecule has 0 bridgehead atoms. The molecule has 2 rings (SSSR count). The number of ketones is 1. The Kier molecular flexibility index (Phi) is 3.42. The average Bonchev–Trinajstić information content (AvgIpc) is 2.75. The number of nitrogens with zero attached hydrogens (tertiary/aromatic N) is 2. The molecule has 1 saturated carbocycles. The largest absolute Gasteiger partial charge is 0.292 e. The van der Waals surface area contributed by atoms with Crippen molar-refractivity contribution in [2.24, 2.45) is 18.9 Å².